The van der Waals surface area contributed by atoms with Gasteiger partial charge in [-0.25, -0.2) is 0 Å². The molecule has 1 atom stereocenters. The molecule has 1 aliphatic rings. The van der Waals surface area contributed by atoms with Gasteiger partial charge in [-0.2, -0.15) is 0 Å². The largest absolute Gasteiger partial charge is 0.496 e. The highest BCUT2D eigenvalue weighted by Gasteiger charge is 2.24. The highest BCUT2D eigenvalue weighted by atomic mass is 16.5. The number of rotatable bonds is 7. The van der Waals surface area contributed by atoms with Crippen molar-refractivity contribution < 1.29 is 14.3 Å². The van der Waals surface area contributed by atoms with Crippen molar-refractivity contribution in [2.24, 2.45) is 11.7 Å². The quantitative estimate of drug-likeness (QED) is 0.752. The summed E-state index contributed by atoms with van der Waals surface area (Å²) in [6.07, 6.45) is 6.15. The van der Waals surface area contributed by atoms with E-state index in [1.165, 1.54) is 26.2 Å². The zero-order valence-electron chi connectivity index (χ0n) is 14.6. The summed E-state index contributed by atoms with van der Waals surface area (Å²) in [5.74, 6) is 0.992. The van der Waals surface area contributed by atoms with E-state index in [0.717, 1.165) is 18.4 Å². The average molecular weight is 332 g/mol. The number of benzene rings is 1. The lowest BCUT2D eigenvalue weighted by atomic mass is 9.84. The molecule has 3 N–H and O–H groups in total. The van der Waals surface area contributed by atoms with E-state index in [1.54, 1.807) is 25.3 Å². The lowest BCUT2D eigenvalue weighted by Crippen LogP contribution is -2.46. The van der Waals surface area contributed by atoms with E-state index in [9.17, 15) is 9.59 Å². The van der Waals surface area contributed by atoms with Gasteiger partial charge in [0.2, 0.25) is 5.91 Å². The van der Waals surface area contributed by atoms with Gasteiger partial charge in [0.1, 0.15) is 5.75 Å². The molecule has 0 spiro atoms. The van der Waals surface area contributed by atoms with Crippen molar-refractivity contribution in [3.8, 4) is 5.75 Å². The zero-order chi connectivity index (χ0) is 17.5. The molecule has 0 aromatic heterocycles. The van der Waals surface area contributed by atoms with Crippen molar-refractivity contribution in [1.29, 1.82) is 0 Å². The van der Waals surface area contributed by atoms with Gasteiger partial charge in [0.15, 0.2) is 5.78 Å². The Morgan fingerprint density at radius 1 is 1.29 bits per heavy atom. The second-order valence-corrected chi connectivity index (χ2v) is 6.57. The van der Waals surface area contributed by atoms with Gasteiger partial charge in [-0.3, -0.25) is 9.59 Å². The average Bonchev–Trinajstić information content (AvgIpc) is 2.60. The third-order valence-electron chi connectivity index (χ3n) is 4.86. The Morgan fingerprint density at radius 3 is 2.58 bits per heavy atom. The molecule has 1 aromatic carbocycles. The minimum Gasteiger partial charge on any atom is -0.496 e. The van der Waals surface area contributed by atoms with Gasteiger partial charge >= 0.3 is 0 Å². The molecule has 0 heterocycles. The molecule has 0 saturated heterocycles. The standard InChI is InChI=1S/C19H28N2O3/c1-13(22)15-8-9-18(24-2)16(10-15)11-19(23)21-17(12-20)14-6-4-3-5-7-14/h8-10,14,17H,3-7,11-12,20H2,1-2H3,(H,21,23). The smallest absolute Gasteiger partial charge is 0.224 e. The van der Waals surface area contributed by atoms with E-state index in [0.29, 0.717) is 23.8 Å². The number of amides is 1. The Labute approximate surface area is 143 Å². The van der Waals surface area contributed by atoms with Gasteiger partial charge in [0, 0.05) is 23.7 Å². The van der Waals surface area contributed by atoms with Crippen molar-refractivity contribution in [2.45, 2.75) is 51.5 Å². The number of carbonyl (C=O) groups excluding carboxylic acids is 2. The molecular formula is C19H28N2O3. The predicted molar refractivity (Wildman–Crippen MR) is 94.3 cm³/mol. The van der Waals surface area contributed by atoms with Crippen LogP contribution in [0.15, 0.2) is 18.2 Å². The minimum absolute atomic E-state index is 0.0265. The van der Waals surface area contributed by atoms with Gasteiger partial charge < -0.3 is 15.8 Å². The Morgan fingerprint density at radius 2 is 2.00 bits per heavy atom. The molecule has 1 unspecified atom stereocenters. The van der Waals surface area contributed by atoms with E-state index in [2.05, 4.69) is 5.32 Å². The summed E-state index contributed by atoms with van der Waals surface area (Å²) in [6.45, 7) is 1.97. The van der Waals surface area contributed by atoms with Crippen molar-refractivity contribution in [1.82, 2.24) is 5.32 Å². The van der Waals surface area contributed by atoms with Crippen LogP contribution in [-0.2, 0) is 11.2 Å². The van der Waals surface area contributed by atoms with Crippen LogP contribution in [0.3, 0.4) is 0 Å². The summed E-state index contributed by atoms with van der Waals surface area (Å²) >= 11 is 0. The zero-order valence-corrected chi connectivity index (χ0v) is 14.6. The van der Waals surface area contributed by atoms with E-state index in [1.807, 2.05) is 0 Å². The maximum Gasteiger partial charge on any atom is 0.224 e. The SMILES string of the molecule is COc1ccc(C(C)=O)cc1CC(=O)NC(CN)C1CCCCC1. The lowest BCUT2D eigenvalue weighted by Gasteiger charge is -2.30. The number of nitrogens with one attached hydrogen (secondary N) is 1. The number of ketones is 1. The third-order valence-corrected chi connectivity index (χ3v) is 4.86. The Bertz CT molecular complexity index is 580. The first-order valence-electron chi connectivity index (χ1n) is 8.72. The number of Topliss-reactive ketones (excluding diaryl/α,β-unsaturated/α-hetero) is 1. The molecule has 1 saturated carbocycles. The highest BCUT2D eigenvalue weighted by Crippen LogP contribution is 2.26. The molecule has 0 radical (unpaired) electrons. The second-order valence-electron chi connectivity index (χ2n) is 6.57. The number of hydrogen-bond acceptors (Lipinski definition) is 4. The van der Waals surface area contributed by atoms with Crippen LogP contribution < -0.4 is 15.8 Å². The van der Waals surface area contributed by atoms with Crippen LogP contribution in [0.1, 0.15) is 54.9 Å². The van der Waals surface area contributed by atoms with E-state index >= 15 is 0 Å². The molecule has 1 fully saturated rings. The van der Waals surface area contributed by atoms with Crippen LogP contribution in [0.2, 0.25) is 0 Å². The summed E-state index contributed by atoms with van der Waals surface area (Å²) < 4.78 is 5.31. The van der Waals surface area contributed by atoms with Crippen molar-refractivity contribution in [3.63, 3.8) is 0 Å². The summed E-state index contributed by atoms with van der Waals surface area (Å²) in [7, 11) is 1.56. The topological polar surface area (TPSA) is 81.4 Å². The van der Waals surface area contributed by atoms with Gasteiger partial charge in [-0.1, -0.05) is 19.3 Å². The van der Waals surface area contributed by atoms with Gasteiger partial charge in [-0.05, 0) is 43.9 Å². The van der Waals surface area contributed by atoms with Gasteiger partial charge in [0.05, 0.1) is 13.5 Å². The van der Waals surface area contributed by atoms with E-state index < -0.39 is 0 Å². The Balaban J connectivity index is 2.04. The summed E-state index contributed by atoms with van der Waals surface area (Å²) in [5.41, 5.74) is 7.19. The molecule has 1 aliphatic carbocycles. The molecule has 0 bridgehead atoms. The maximum atomic E-state index is 12.5. The first-order valence-corrected chi connectivity index (χ1v) is 8.72. The van der Waals surface area contributed by atoms with Crippen molar-refractivity contribution in [2.75, 3.05) is 13.7 Å². The van der Waals surface area contributed by atoms with Crippen LogP contribution in [-0.4, -0.2) is 31.4 Å². The first-order chi connectivity index (χ1) is 11.5. The number of methoxy groups -OCH3 is 1. The molecule has 5 nitrogen and oxygen atoms in total. The van der Waals surface area contributed by atoms with Gasteiger partial charge in [0.25, 0.3) is 0 Å². The normalized spacial score (nSPS) is 16.5. The minimum atomic E-state index is -0.0741. The number of carbonyl (C=O) groups is 2. The van der Waals surface area contributed by atoms with Crippen LogP contribution in [0.4, 0.5) is 0 Å². The fraction of sp³-hybridized carbons (Fsp3) is 0.579. The van der Waals surface area contributed by atoms with Crippen LogP contribution in [0.25, 0.3) is 0 Å². The van der Waals surface area contributed by atoms with E-state index in [4.69, 9.17) is 10.5 Å². The van der Waals surface area contributed by atoms with Crippen LogP contribution in [0.5, 0.6) is 5.75 Å². The number of nitrogens with two attached hydrogens (primary N) is 1. The van der Waals surface area contributed by atoms with E-state index in [-0.39, 0.29) is 24.2 Å². The fourth-order valence-corrected chi connectivity index (χ4v) is 3.47. The lowest BCUT2D eigenvalue weighted by molar-refractivity contribution is -0.121. The Kier molecular flexibility index (Phi) is 6.79. The molecule has 1 aromatic rings. The Hall–Kier alpha value is -1.88. The molecule has 2 rings (SSSR count). The fourth-order valence-electron chi connectivity index (χ4n) is 3.47. The first kappa shape index (κ1) is 18.5. The molecule has 1 amide bonds. The molecule has 0 aliphatic heterocycles. The van der Waals surface area contributed by atoms with Gasteiger partial charge in [-0.15, -0.1) is 0 Å². The summed E-state index contributed by atoms with van der Waals surface area (Å²) in [5, 5.41) is 3.08. The van der Waals surface area contributed by atoms with Crippen LogP contribution >= 0.6 is 0 Å². The van der Waals surface area contributed by atoms with Crippen LogP contribution in [0, 0.1) is 5.92 Å². The summed E-state index contributed by atoms with van der Waals surface area (Å²) in [4.78, 5) is 24.0. The number of ether oxygens (including phenoxy) is 1. The molecule has 132 valence electrons. The second kappa shape index (κ2) is 8.83. The molecule has 24 heavy (non-hydrogen) atoms. The predicted octanol–water partition coefficient (Wildman–Crippen LogP) is 2.46. The molecular weight excluding hydrogens is 304 g/mol. The maximum absolute atomic E-state index is 12.5. The summed E-state index contributed by atoms with van der Waals surface area (Å²) in [6, 6.07) is 5.22. The highest BCUT2D eigenvalue weighted by molar-refractivity contribution is 5.94. The van der Waals surface area contributed by atoms with Crippen molar-refractivity contribution >= 4 is 11.7 Å². The molecule has 5 heteroatoms. The third kappa shape index (κ3) is 4.81. The number of hydrogen-bond donors (Lipinski definition) is 2. The monoisotopic (exact) mass is 332 g/mol. The van der Waals surface area contributed by atoms with Crippen molar-refractivity contribution in [3.05, 3.63) is 29.3 Å².